The molecule has 1 aromatic rings. The van der Waals surface area contributed by atoms with Gasteiger partial charge in [0.25, 0.3) is 0 Å². The standard InChI is InChI=1S/C37H58O9S/c1-24-18-26(12-11-17-38)43-31(24)16-15-27-19-25(2)36(3,4)34(44-27)21-32-30(23-47(39,40)29-13-9-8-10-14-29)35(41-7)33(45-32)20-28-22-42-37(5,6)46-28/h8-10,13-14,25-28,30-35,38H,1,11-12,15-23H2,2-7H3/t25-,26+,27?,28+,30?,31?,32+,33-,34?,35-/m1/s1. The van der Waals surface area contributed by atoms with Crippen LogP contribution in [0.25, 0.3) is 0 Å². The Labute approximate surface area is 282 Å². The minimum atomic E-state index is -3.61. The van der Waals surface area contributed by atoms with Crippen LogP contribution < -0.4 is 0 Å². The molecule has 0 aliphatic carbocycles. The lowest BCUT2D eigenvalue weighted by atomic mass is 9.68. The quantitative estimate of drug-likeness (QED) is 0.242. The predicted octanol–water partition coefficient (Wildman–Crippen LogP) is 5.88. The SMILES string of the molecule is C=C1C[C@H](CCCO)OC1CCC1C[C@@H](C)C(C)(C)C(C[C@@H]2O[C@H](C[C@H]3COC(C)(C)O3)[C@H](OC)C2CS(=O)(=O)c2ccccc2)O1. The Balaban J connectivity index is 1.31. The van der Waals surface area contributed by atoms with E-state index in [1.165, 1.54) is 0 Å². The van der Waals surface area contributed by atoms with Crippen LogP contribution >= 0.6 is 0 Å². The Bertz CT molecular complexity index is 1280. The highest BCUT2D eigenvalue weighted by Gasteiger charge is 2.52. The largest absolute Gasteiger partial charge is 0.396 e. The summed E-state index contributed by atoms with van der Waals surface area (Å²) in [7, 11) is -1.96. The average molecular weight is 679 g/mol. The summed E-state index contributed by atoms with van der Waals surface area (Å²) in [6, 6.07) is 8.65. The lowest BCUT2D eigenvalue weighted by Gasteiger charge is -2.48. The van der Waals surface area contributed by atoms with E-state index in [9.17, 15) is 13.5 Å². The molecule has 4 aliphatic rings. The summed E-state index contributed by atoms with van der Waals surface area (Å²) in [6.45, 7) is 15.5. The fourth-order valence-electron chi connectivity index (χ4n) is 8.09. The molecule has 1 aromatic carbocycles. The summed E-state index contributed by atoms with van der Waals surface area (Å²) >= 11 is 0. The average Bonchev–Trinajstić information content (AvgIpc) is 3.66. The Kier molecular flexibility index (Phi) is 12.0. The van der Waals surface area contributed by atoms with Crippen LogP contribution in [0.5, 0.6) is 0 Å². The number of aliphatic hydroxyl groups excluding tert-OH is 1. The monoisotopic (exact) mass is 678 g/mol. The molecule has 4 unspecified atom stereocenters. The summed E-state index contributed by atoms with van der Waals surface area (Å²) in [5, 5.41) is 9.22. The van der Waals surface area contributed by atoms with Gasteiger partial charge in [0, 0.05) is 32.5 Å². The zero-order valence-electron chi connectivity index (χ0n) is 29.3. The number of hydrogen-bond donors (Lipinski definition) is 1. The molecule has 9 nitrogen and oxygen atoms in total. The van der Waals surface area contributed by atoms with E-state index < -0.39 is 21.7 Å². The van der Waals surface area contributed by atoms with Gasteiger partial charge in [-0.05, 0) is 81.4 Å². The van der Waals surface area contributed by atoms with E-state index in [4.69, 9.17) is 28.4 Å². The van der Waals surface area contributed by atoms with E-state index in [0.29, 0.717) is 30.3 Å². The Morgan fingerprint density at radius 3 is 2.36 bits per heavy atom. The lowest BCUT2D eigenvalue weighted by Crippen LogP contribution is -2.48. The molecule has 4 saturated heterocycles. The van der Waals surface area contributed by atoms with Gasteiger partial charge in [-0.1, -0.05) is 45.5 Å². The Morgan fingerprint density at radius 1 is 0.957 bits per heavy atom. The van der Waals surface area contributed by atoms with Crippen LogP contribution in [-0.2, 0) is 38.3 Å². The van der Waals surface area contributed by atoms with E-state index in [1.54, 1.807) is 31.4 Å². The van der Waals surface area contributed by atoms with Crippen molar-refractivity contribution in [1.29, 1.82) is 0 Å². The number of rotatable bonds is 14. The normalized spacial score (nSPS) is 37.0. The highest BCUT2D eigenvalue weighted by molar-refractivity contribution is 7.91. The van der Waals surface area contributed by atoms with Crippen LogP contribution in [0.1, 0.15) is 86.0 Å². The molecule has 10 heteroatoms. The molecule has 4 heterocycles. The van der Waals surface area contributed by atoms with Gasteiger partial charge >= 0.3 is 0 Å². The molecule has 4 fully saturated rings. The van der Waals surface area contributed by atoms with Crippen molar-refractivity contribution in [2.45, 2.75) is 145 Å². The first-order chi connectivity index (χ1) is 22.2. The van der Waals surface area contributed by atoms with Crippen molar-refractivity contribution in [1.82, 2.24) is 0 Å². The van der Waals surface area contributed by atoms with Crippen LogP contribution in [0, 0.1) is 17.3 Å². The predicted molar refractivity (Wildman–Crippen MR) is 180 cm³/mol. The summed E-state index contributed by atoms with van der Waals surface area (Å²) < 4.78 is 65.5. The van der Waals surface area contributed by atoms with Crippen molar-refractivity contribution in [3.63, 3.8) is 0 Å². The highest BCUT2D eigenvalue weighted by Crippen LogP contribution is 2.47. The smallest absolute Gasteiger partial charge is 0.178 e. The van der Waals surface area contributed by atoms with Gasteiger partial charge in [-0.15, -0.1) is 0 Å². The molecule has 0 aromatic heterocycles. The molecule has 10 atom stereocenters. The number of aliphatic hydroxyl groups is 1. The molecule has 0 amide bonds. The zero-order chi connectivity index (χ0) is 34.0. The number of sulfone groups is 1. The fourth-order valence-corrected chi connectivity index (χ4v) is 9.76. The molecule has 0 bridgehead atoms. The van der Waals surface area contributed by atoms with E-state index >= 15 is 0 Å². The topological polar surface area (TPSA) is 110 Å². The molecule has 0 spiro atoms. The van der Waals surface area contributed by atoms with E-state index in [0.717, 1.165) is 44.1 Å². The molecule has 4 aliphatic heterocycles. The first-order valence-electron chi connectivity index (χ1n) is 17.6. The van der Waals surface area contributed by atoms with Crippen molar-refractivity contribution in [3.05, 3.63) is 42.5 Å². The third-order valence-electron chi connectivity index (χ3n) is 11.2. The van der Waals surface area contributed by atoms with Gasteiger partial charge in [0.05, 0.1) is 66.1 Å². The maximum Gasteiger partial charge on any atom is 0.178 e. The lowest BCUT2D eigenvalue weighted by molar-refractivity contribution is -0.165. The van der Waals surface area contributed by atoms with Crippen molar-refractivity contribution in [2.24, 2.45) is 17.3 Å². The molecular weight excluding hydrogens is 620 g/mol. The van der Waals surface area contributed by atoms with Crippen molar-refractivity contribution in [2.75, 3.05) is 26.1 Å². The van der Waals surface area contributed by atoms with Gasteiger partial charge < -0.3 is 33.5 Å². The molecule has 1 N–H and O–H groups in total. The first kappa shape index (κ1) is 36.9. The second-order valence-electron chi connectivity index (χ2n) is 15.4. The molecule has 5 rings (SSSR count). The minimum Gasteiger partial charge on any atom is -0.396 e. The molecular formula is C37H58O9S. The summed E-state index contributed by atoms with van der Waals surface area (Å²) in [6.07, 6.45) is 5.02. The van der Waals surface area contributed by atoms with E-state index in [1.807, 2.05) is 19.9 Å². The second kappa shape index (κ2) is 15.3. The zero-order valence-corrected chi connectivity index (χ0v) is 30.1. The van der Waals surface area contributed by atoms with Crippen LogP contribution in [0.3, 0.4) is 0 Å². The van der Waals surface area contributed by atoms with Crippen molar-refractivity contribution in [3.8, 4) is 0 Å². The molecule has 0 radical (unpaired) electrons. The summed E-state index contributed by atoms with van der Waals surface area (Å²) in [5.74, 6) is -0.728. The van der Waals surface area contributed by atoms with Gasteiger partial charge in [0.1, 0.15) is 0 Å². The third kappa shape index (κ3) is 8.87. The van der Waals surface area contributed by atoms with Crippen LogP contribution in [-0.4, -0.2) is 94.2 Å². The van der Waals surface area contributed by atoms with Gasteiger partial charge in [0.2, 0.25) is 0 Å². The first-order valence-corrected chi connectivity index (χ1v) is 19.2. The van der Waals surface area contributed by atoms with E-state index in [2.05, 4.69) is 27.4 Å². The second-order valence-corrected chi connectivity index (χ2v) is 17.4. The van der Waals surface area contributed by atoms with Gasteiger partial charge in [0.15, 0.2) is 15.6 Å². The Hall–Kier alpha value is -1.37. The summed E-state index contributed by atoms with van der Waals surface area (Å²) in [5.41, 5.74) is 0.991. The van der Waals surface area contributed by atoms with Crippen molar-refractivity contribution < 1.29 is 41.9 Å². The third-order valence-corrected chi connectivity index (χ3v) is 13.0. The van der Waals surface area contributed by atoms with Crippen LogP contribution in [0.2, 0.25) is 0 Å². The maximum atomic E-state index is 13.8. The molecule has 47 heavy (non-hydrogen) atoms. The Morgan fingerprint density at radius 2 is 1.70 bits per heavy atom. The van der Waals surface area contributed by atoms with E-state index in [-0.39, 0.29) is 66.4 Å². The molecule has 0 saturated carbocycles. The van der Waals surface area contributed by atoms with Crippen molar-refractivity contribution >= 4 is 9.84 Å². The van der Waals surface area contributed by atoms with Gasteiger partial charge in [-0.3, -0.25) is 0 Å². The number of benzene rings is 1. The molecule has 266 valence electrons. The number of ether oxygens (including phenoxy) is 6. The van der Waals surface area contributed by atoms with Crippen LogP contribution in [0.4, 0.5) is 0 Å². The summed E-state index contributed by atoms with van der Waals surface area (Å²) in [4.78, 5) is 0.309. The van der Waals surface area contributed by atoms with Gasteiger partial charge in [-0.2, -0.15) is 0 Å². The minimum absolute atomic E-state index is 0.0201. The fraction of sp³-hybridized carbons (Fsp3) is 0.784. The van der Waals surface area contributed by atoms with Gasteiger partial charge in [-0.25, -0.2) is 8.42 Å². The maximum absolute atomic E-state index is 13.8. The number of methoxy groups -OCH3 is 1. The highest BCUT2D eigenvalue weighted by atomic mass is 32.2. The van der Waals surface area contributed by atoms with Crippen LogP contribution in [0.15, 0.2) is 47.4 Å². The number of hydrogen-bond acceptors (Lipinski definition) is 9.